The Kier molecular flexibility index (Phi) is 6.56. The Morgan fingerprint density at radius 3 is 1.91 bits per heavy atom. The third kappa shape index (κ3) is 4.84. The topological polar surface area (TPSA) is 78.4 Å². The van der Waals surface area contributed by atoms with Crippen LogP contribution in [0.4, 0.5) is 5.69 Å². The van der Waals surface area contributed by atoms with Crippen molar-refractivity contribution in [2.24, 2.45) is 0 Å². The lowest BCUT2D eigenvalue weighted by molar-refractivity contribution is -0.136. The lowest BCUT2D eigenvalue weighted by Crippen LogP contribution is -2.39. The van der Waals surface area contributed by atoms with Crippen molar-refractivity contribution in [1.29, 1.82) is 0 Å². The van der Waals surface area contributed by atoms with Crippen molar-refractivity contribution in [3.8, 4) is 0 Å². The van der Waals surface area contributed by atoms with Gasteiger partial charge in [0, 0.05) is 12.2 Å². The summed E-state index contributed by atoms with van der Waals surface area (Å²) in [6, 6.07) is 5.88. The minimum atomic E-state index is -0.742. The minimum absolute atomic E-state index is 0.0507. The van der Waals surface area contributed by atoms with E-state index in [9.17, 15) is 9.59 Å². The highest BCUT2D eigenvalue weighted by Crippen LogP contribution is 2.32. The molecule has 1 aromatic carbocycles. The van der Waals surface area contributed by atoms with Gasteiger partial charge in [-0.15, -0.1) is 0 Å². The van der Waals surface area contributed by atoms with E-state index in [1.54, 1.807) is 6.92 Å². The first-order valence-electron chi connectivity index (χ1n) is 7.64. The van der Waals surface area contributed by atoms with Gasteiger partial charge in [-0.05, 0) is 29.9 Å². The van der Waals surface area contributed by atoms with Crippen LogP contribution in [-0.2, 0) is 9.59 Å². The molecular formula is C17H26N2O3. The molecule has 0 aliphatic carbocycles. The predicted octanol–water partition coefficient (Wildman–Crippen LogP) is 2.37. The van der Waals surface area contributed by atoms with Gasteiger partial charge in [0.05, 0.1) is 6.10 Å². The summed E-state index contributed by atoms with van der Waals surface area (Å²) in [5.41, 5.74) is 2.72. The van der Waals surface area contributed by atoms with Gasteiger partial charge in [0.15, 0.2) is 0 Å². The van der Waals surface area contributed by atoms with Crippen LogP contribution in [0.1, 0.15) is 57.6 Å². The number of benzene rings is 1. The highest BCUT2D eigenvalue weighted by atomic mass is 16.3. The molecule has 5 heteroatoms. The number of aliphatic hydroxyl groups excluding tert-OH is 1. The van der Waals surface area contributed by atoms with E-state index in [-0.39, 0.29) is 18.4 Å². The van der Waals surface area contributed by atoms with E-state index >= 15 is 0 Å². The van der Waals surface area contributed by atoms with Gasteiger partial charge in [-0.2, -0.15) is 0 Å². The summed E-state index contributed by atoms with van der Waals surface area (Å²) < 4.78 is 0. The quantitative estimate of drug-likeness (QED) is 0.731. The molecule has 3 N–H and O–H groups in total. The van der Waals surface area contributed by atoms with Gasteiger partial charge in [0.25, 0.3) is 0 Å². The first-order valence-corrected chi connectivity index (χ1v) is 7.64. The molecule has 0 fully saturated rings. The monoisotopic (exact) mass is 306 g/mol. The van der Waals surface area contributed by atoms with Crippen LogP contribution in [0.2, 0.25) is 0 Å². The van der Waals surface area contributed by atoms with Gasteiger partial charge < -0.3 is 15.7 Å². The second kappa shape index (κ2) is 7.94. The lowest BCUT2D eigenvalue weighted by atomic mass is 9.92. The van der Waals surface area contributed by atoms with Crippen molar-refractivity contribution in [2.75, 3.05) is 11.9 Å². The Bertz CT molecular complexity index is 510. The molecule has 0 radical (unpaired) electrons. The van der Waals surface area contributed by atoms with Crippen LogP contribution in [-0.4, -0.2) is 29.6 Å². The number of hydrogen-bond acceptors (Lipinski definition) is 3. The zero-order chi connectivity index (χ0) is 16.9. The van der Waals surface area contributed by atoms with Crippen molar-refractivity contribution >= 4 is 17.5 Å². The summed E-state index contributed by atoms with van der Waals surface area (Å²) in [4.78, 5) is 23.8. The molecule has 0 aliphatic heterocycles. The number of aliphatic hydroxyl groups is 1. The number of carbonyl (C=O) groups excluding carboxylic acids is 2. The van der Waals surface area contributed by atoms with Crippen molar-refractivity contribution in [2.45, 2.75) is 52.6 Å². The normalized spacial score (nSPS) is 12.4. The average Bonchev–Trinajstić information content (AvgIpc) is 2.44. The van der Waals surface area contributed by atoms with Crippen LogP contribution in [0.5, 0.6) is 0 Å². The van der Waals surface area contributed by atoms with Gasteiger partial charge in [-0.1, -0.05) is 45.9 Å². The van der Waals surface area contributed by atoms with Crippen LogP contribution < -0.4 is 10.6 Å². The molecule has 0 bridgehead atoms. The second-order valence-corrected chi connectivity index (χ2v) is 6.13. The third-order valence-electron chi connectivity index (χ3n) is 3.38. The van der Waals surface area contributed by atoms with Crippen molar-refractivity contribution in [3.05, 3.63) is 29.3 Å². The molecule has 1 atom stereocenters. The highest BCUT2D eigenvalue weighted by molar-refractivity contribution is 6.39. The molecule has 22 heavy (non-hydrogen) atoms. The van der Waals surface area contributed by atoms with E-state index in [1.165, 1.54) is 0 Å². The number of para-hydroxylation sites is 1. The smallest absolute Gasteiger partial charge is 0.313 e. The third-order valence-corrected chi connectivity index (χ3v) is 3.38. The molecule has 1 unspecified atom stereocenters. The molecule has 0 aliphatic rings. The summed E-state index contributed by atoms with van der Waals surface area (Å²) in [5.74, 6) is -0.992. The summed E-state index contributed by atoms with van der Waals surface area (Å²) in [6.07, 6.45) is -0.689. The van der Waals surface area contributed by atoms with E-state index in [4.69, 9.17) is 5.11 Å². The van der Waals surface area contributed by atoms with Crippen LogP contribution in [0.3, 0.4) is 0 Å². The molecule has 1 aromatic rings. The number of anilines is 1. The van der Waals surface area contributed by atoms with Crippen molar-refractivity contribution in [3.63, 3.8) is 0 Å². The summed E-state index contributed by atoms with van der Waals surface area (Å²) >= 11 is 0. The molecule has 122 valence electrons. The second-order valence-electron chi connectivity index (χ2n) is 6.13. The Hall–Kier alpha value is -1.88. The molecule has 0 spiro atoms. The van der Waals surface area contributed by atoms with E-state index in [0.717, 1.165) is 11.1 Å². The molecular weight excluding hydrogens is 280 g/mol. The summed E-state index contributed by atoms with van der Waals surface area (Å²) in [6.45, 7) is 9.77. The molecule has 0 saturated carbocycles. The maximum Gasteiger partial charge on any atom is 0.313 e. The Labute approximate surface area is 132 Å². The average molecular weight is 306 g/mol. The largest absolute Gasteiger partial charge is 0.392 e. The molecule has 5 nitrogen and oxygen atoms in total. The molecule has 2 amide bonds. The Morgan fingerprint density at radius 1 is 1.00 bits per heavy atom. The summed E-state index contributed by atoms with van der Waals surface area (Å²) in [5, 5.41) is 14.3. The first-order chi connectivity index (χ1) is 10.2. The van der Waals surface area contributed by atoms with Crippen LogP contribution in [0, 0.1) is 0 Å². The van der Waals surface area contributed by atoms with Crippen LogP contribution >= 0.6 is 0 Å². The highest BCUT2D eigenvalue weighted by Gasteiger charge is 2.19. The minimum Gasteiger partial charge on any atom is -0.392 e. The molecule has 0 heterocycles. The predicted molar refractivity (Wildman–Crippen MR) is 87.9 cm³/mol. The van der Waals surface area contributed by atoms with E-state index in [2.05, 4.69) is 10.6 Å². The van der Waals surface area contributed by atoms with Gasteiger partial charge in [0.1, 0.15) is 0 Å². The fraction of sp³-hybridized carbons (Fsp3) is 0.529. The van der Waals surface area contributed by atoms with Gasteiger partial charge >= 0.3 is 11.8 Å². The van der Waals surface area contributed by atoms with Gasteiger partial charge in [0.2, 0.25) is 0 Å². The van der Waals surface area contributed by atoms with E-state index < -0.39 is 17.9 Å². The fourth-order valence-electron chi connectivity index (χ4n) is 2.19. The first kappa shape index (κ1) is 18.2. The SMILES string of the molecule is CC(O)CNC(=O)C(=O)Nc1c(C(C)C)cccc1C(C)C. The zero-order valence-corrected chi connectivity index (χ0v) is 13.9. The van der Waals surface area contributed by atoms with E-state index in [0.29, 0.717) is 5.69 Å². The van der Waals surface area contributed by atoms with Gasteiger partial charge in [-0.25, -0.2) is 0 Å². The Morgan fingerprint density at radius 2 is 1.50 bits per heavy atom. The number of nitrogens with one attached hydrogen (secondary N) is 2. The molecule has 0 saturated heterocycles. The number of amides is 2. The molecule has 0 aromatic heterocycles. The van der Waals surface area contributed by atoms with Crippen molar-refractivity contribution < 1.29 is 14.7 Å². The fourth-order valence-corrected chi connectivity index (χ4v) is 2.19. The maximum absolute atomic E-state index is 12.1. The number of rotatable bonds is 5. The van der Waals surface area contributed by atoms with E-state index in [1.807, 2.05) is 45.9 Å². The summed E-state index contributed by atoms with van der Waals surface area (Å²) in [7, 11) is 0. The maximum atomic E-state index is 12.1. The number of carbonyl (C=O) groups is 2. The standard InChI is InChI=1S/C17H26N2O3/c1-10(2)13-7-6-8-14(11(3)4)15(13)19-17(22)16(21)18-9-12(5)20/h6-8,10-12,20H,9H2,1-5H3,(H,18,21)(H,19,22). The van der Waals surface area contributed by atoms with Gasteiger partial charge in [-0.3, -0.25) is 9.59 Å². The lowest BCUT2D eigenvalue weighted by Gasteiger charge is -2.20. The Balaban J connectivity index is 3.00. The van der Waals surface area contributed by atoms with Crippen LogP contribution in [0.25, 0.3) is 0 Å². The molecule has 1 rings (SSSR count). The zero-order valence-electron chi connectivity index (χ0n) is 13.9. The number of hydrogen-bond donors (Lipinski definition) is 3. The van der Waals surface area contributed by atoms with Crippen LogP contribution in [0.15, 0.2) is 18.2 Å². The van der Waals surface area contributed by atoms with Crippen molar-refractivity contribution in [1.82, 2.24) is 5.32 Å².